The Bertz CT molecular complexity index is 604. The number of halogens is 1. The van der Waals surface area contributed by atoms with Crippen molar-refractivity contribution in [2.45, 2.75) is 32.2 Å². The number of carboxylic acids is 1. The molecule has 1 atom stereocenters. The molecule has 1 heterocycles. The molecule has 0 spiro atoms. The van der Waals surface area contributed by atoms with Crippen LogP contribution in [-0.4, -0.2) is 48.2 Å². The van der Waals surface area contributed by atoms with Crippen LogP contribution in [0.1, 0.15) is 36.5 Å². The van der Waals surface area contributed by atoms with E-state index < -0.39 is 12.0 Å². The van der Waals surface area contributed by atoms with Gasteiger partial charge in [-0.15, -0.1) is 0 Å². The Hall–Kier alpha value is -1.95. The van der Waals surface area contributed by atoms with Crippen LogP contribution in [0.3, 0.4) is 0 Å². The summed E-state index contributed by atoms with van der Waals surface area (Å²) in [4.78, 5) is 25.2. The number of carboxylic acid groups (broad SMARTS) is 1. The Balaban J connectivity index is 2.30. The van der Waals surface area contributed by atoms with Gasteiger partial charge in [0.2, 0.25) is 0 Å². The predicted octanol–water partition coefficient (Wildman–Crippen LogP) is 2.83. The monoisotopic (exact) mass is 341 g/mol. The van der Waals surface area contributed by atoms with Crippen LogP contribution in [-0.2, 0) is 4.79 Å². The number of hydrogen-bond donors (Lipinski definition) is 1. The quantitative estimate of drug-likeness (QED) is 0.861. The van der Waals surface area contributed by atoms with Gasteiger partial charge in [-0.05, 0) is 31.4 Å². The first-order valence-electron chi connectivity index (χ1n) is 7.53. The van der Waals surface area contributed by atoms with Crippen molar-refractivity contribution in [3.05, 3.63) is 22.7 Å². The number of methoxy groups -OCH3 is 1. The molecule has 0 aromatic heterocycles. The van der Waals surface area contributed by atoms with E-state index in [-0.39, 0.29) is 10.9 Å². The fourth-order valence-corrected chi connectivity index (χ4v) is 2.89. The number of likely N-dealkylation sites (tertiary alicyclic amines) is 1. The molecule has 1 amide bonds. The van der Waals surface area contributed by atoms with Crippen molar-refractivity contribution >= 4 is 23.5 Å². The minimum Gasteiger partial charge on any atom is -0.493 e. The number of carbonyl (C=O) groups excluding carboxylic acids is 1. The fraction of sp³-hybridized carbons (Fsp3) is 0.500. The van der Waals surface area contributed by atoms with Crippen LogP contribution in [0.25, 0.3) is 0 Å². The lowest BCUT2D eigenvalue weighted by molar-refractivity contribution is -0.141. The van der Waals surface area contributed by atoms with E-state index in [1.165, 1.54) is 24.1 Å². The summed E-state index contributed by atoms with van der Waals surface area (Å²) in [6, 6.07) is 2.24. The van der Waals surface area contributed by atoms with Gasteiger partial charge in [0.15, 0.2) is 11.5 Å². The summed E-state index contributed by atoms with van der Waals surface area (Å²) in [7, 11) is 1.47. The molecule has 1 aliphatic rings. The Morgan fingerprint density at radius 2 is 2.17 bits per heavy atom. The minimum absolute atomic E-state index is 0.271. The molecule has 1 N–H and O–H groups in total. The van der Waals surface area contributed by atoms with Crippen LogP contribution in [0.4, 0.5) is 0 Å². The van der Waals surface area contributed by atoms with Crippen LogP contribution in [0, 0.1) is 0 Å². The Morgan fingerprint density at radius 3 is 2.78 bits per heavy atom. The molecule has 1 aliphatic heterocycles. The van der Waals surface area contributed by atoms with Crippen LogP contribution in [0.15, 0.2) is 12.1 Å². The van der Waals surface area contributed by atoms with E-state index in [2.05, 4.69) is 0 Å². The topological polar surface area (TPSA) is 76.1 Å². The van der Waals surface area contributed by atoms with Crippen molar-refractivity contribution in [1.82, 2.24) is 4.90 Å². The number of aliphatic carboxylic acids is 1. The molecule has 1 aromatic rings. The summed E-state index contributed by atoms with van der Waals surface area (Å²) >= 11 is 6.21. The van der Waals surface area contributed by atoms with Crippen molar-refractivity contribution in [3.63, 3.8) is 0 Å². The van der Waals surface area contributed by atoms with Crippen molar-refractivity contribution in [3.8, 4) is 11.5 Å². The van der Waals surface area contributed by atoms with Gasteiger partial charge < -0.3 is 19.5 Å². The maximum absolute atomic E-state index is 12.6. The maximum Gasteiger partial charge on any atom is 0.326 e. The fourth-order valence-electron chi connectivity index (χ4n) is 2.62. The Labute approximate surface area is 139 Å². The van der Waals surface area contributed by atoms with Crippen LogP contribution >= 0.6 is 11.6 Å². The third kappa shape index (κ3) is 3.69. The first-order chi connectivity index (χ1) is 11.0. The molecular weight excluding hydrogens is 322 g/mol. The molecule has 0 radical (unpaired) electrons. The first kappa shape index (κ1) is 17.4. The van der Waals surface area contributed by atoms with Gasteiger partial charge in [-0.1, -0.05) is 18.5 Å². The van der Waals surface area contributed by atoms with Crippen molar-refractivity contribution in [2.75, 3.05) is 20.3 Å². The van der Waals surface area contributed by atoms with Gasteiger partial charge in [-0.2, -0.15) is 0 Å². The number of nitrogens with zero attached hydrogens (tertiary/aromatic N) is 1. The second-order valence-corrected chi connectivity index (χ2v) is 5.74. The van der Waals surface area contributed by atoms with E-state index in [1.807, 2.05) is 6.92 Å². The van der Waals surface area contributed by atoms with Crippen LogP contribution < -0.4 is 9.47 Å². The molecule has 126 valence electrons. The number of ether oxygens (including phenoxy) is 2. The molecule has 0 unspecified atom stereocenters. The van der Waals surface area contributed by atoms with Gasteiger partial charge in [0, 0.05) is 12.1 Å². The summed E-state index contributed by atoms with van der Waals surface area (Å²) in [6.07, 6.45) is 1.95. The summed E-state index contributed by atoms with van der Waals surface area (Å²) in [6.45, 7) is 2.87. The lowest BCUT2D eigenvalue weighted by atomic mass is 10.1. The number of amides is 1. The standard InChI is InChI=1S/C16H20ClNO5/c1-3-7-23-14-11(17)8-10(9-13(14)22-2)15(19)18-6-4-5-12(18)16(20)21/h8-9,12H,3-7H2,1-2H3,(H,20,21)/t12-/m0/s1. The predicted molar refractivity (Wildman–Crippen MR) is 85.5 cm³/mol. The average Bonchev–Trinajstić information content (AvgIpc) is 3.02. The average molecular weight is 342 g/mol. The van der Waals surface area contributed by atoms with E-state index in [0.29, 0.717) is 43.1 Å². The summed E-state index contributed by atoms with van der Waals surface area (Å²) < 4.78 is 10.8. The summed E-state index contributed by atoms with van der Waals surface area (Å²) in [5.41, 5.74) is 0.295. The SMILES string of the molecule is CCCOc1c(Cl)cc(C(=O)N2CCC[C@H]2C(=O)O)cc1OC. The highest BCUT2D eigenvalue weighted by Gasteiger charge is 2.35. The Morgan fingerprint density at radius 1 is 1.43 bits per heavy atom. The number of benzene rings is 1. The molecule has 0 aliphatic carbocycles. The second-order valence-electron chi connectivity index (χ2n) is 5.33. The number of rotatable bonds is 6. The second kappa shape index (κ2) is 7.55. The zero-order valence-corrected chi connectivity index (χ0v) is 13.9. The van der Waals surface area contributed by atoms with Crippen molar-refractivity contribution in [1.29, 1.82) is 0 Å². The van der Waals surface area contributed by atoms with E-state index in [0.717, 1.165) is 6.42 Å². The van der Waals surface area contributed by atoms with Crippen LogP contribution in [0.2, 0.25) is 5.02 Å². The molecule has 7 heteroatoms. The highest BCUT2D eigenvalue weighted by Crippen LogP contribution is 2.37. The highest BCUT2D eigenvalue weighted by molar-refractivity contribution is 6.32. The smallest absolute Gasteiger partial charge is 0.326 e. The Kier molecular flexibility index (Phi) is 5.71. The van der Waals surface area contributed by atoms with Crippen molar-refractivity contribution < 1.29 is 24.2 Å². The number of hydrogen-bond acceptors (Lipinski definition) is 4. The van der Waals surface area contributed by atoms with E-state index in [1.54, 1.807) is 0 Å². The lowest BCUT2D eigenvalue weighted by Gasteiger charge is -2.22. The van der Waals surface area contributed by atoms with Gasteiger partial charge >= 0.3 is 5.97 Å². The third-order valence-corrected chi connectivity index (χ3v) is 4.01. The van der Waals surface area contributed by atoms with Gasteiger partial charge in [0.25, 0.3) is 5.91 Å². The van der Waals surface area contributed by atoms with Crippen molar-refractivity contribution in [2.24, 2.45) is 0 Å². The van der Waals surface area contributed by atoms with Gasteiger partial charge in [0.05, 0.1) is 18.7 Å². The normalized spacial score (nSPS) is 17.2. The zero-order valence-electron chi connectivity index (χ0n) is 13.2. The summed E-state index contributed by atoms with van der Waals surface area (Å²) in [5, 5.41) is 9.48. The third-order valence-electron chi connectivity index (χ3n) is 3.73. The largest absolute Gasteiger partial charge is 0.493 e. The molecule has 1 fully saturated rings. The minimum atomic E-state index is -0.989. The molecule has 1 saturated heterocycles. The highest BCUT2D eigenvalue weighted by atomic mass is 35.5. The van der Waals surface area contributed by atoms with E-state index in [4.69, 9.17) is 21.1 Å². The lowest BCUT2D eigenvalue weighted by Crippen LogP contribution is -2.40. The van der Waals surface area contributed by atoms with Gasteiger partial charge in [-0.3, -0.25) is 4.79 Å². The van der Waals surface area contributed by atoms with Gasteiger partial charge in [-0.25, -0.2) is 4.79 Å². The molecular formula is C16H20ClNO5. The number of carbonyl (C=O) groups is 2. The van der Waals surface area contributed by atoms with Crippen LogP contribution in [0.5, 0.6) is 11.5 Å². The maximum atomic E-state index is 12.6. The zero-order chi connectivity index (χ0) is 17.0. The van der Waals surface area contributed by atoms with E-state index in [9.17, 15) is 14.7 Å². The van der Waals surface area contributed by atoms with Gasteiger partial charge in [0.1, 0.15) is 6.04 Å². The molecule has 0 saturated carbocycles. The van der Waals surface area contributed by atoms with E-state index >= 15 is 0 Å². The molecule has 23 heavy (non-hydrogen) atoms. The molecule has 2 rings (SSSR count). The first-order valence-corrected chi connectivity index (χ1v) is 7.91. The molecule has 0 bridgehead atoms. The summed E-state index contributed by atoms with van der Waals surface area (Å²) in [5.74, 6) is -0.599. The molecule has 6 nitrogen and oxygen atoms in total. The molecule has 1 aromatic carbocycles.